The summed E-state index contributed by atoms with van der Waals surface area (Å²) in [6, 6.07) is 6.98. The van der Waals surface area contributed by atoms with E-state index in [9.17, 15) is 24.0 Å². The van der Waals surface area contributed by atoms with E-state index in [1.807, 2.05) is 44.2 Å². The standard InChI is InChI=1S/C31H43N7O6S/c1-17(2)25(32)29-35-22(16-45-29)31(43)38-13-20-12-33-28(41)26(18(3)4)36-24(39)15-37(5)30(42)21(11-19-9-7-6-8-10-19)34-27(40)23(14-38)44-20/h6-10,16-18,20-21,23,25-26H,11-15,32H2,1-5H3,(H,33,41)(H,34,40)(H,36,39)/t20-,21+,23+,25-,26-/m0/s1. The molecule has 4 rings (SSSR count). The van der Waals surface area contributed by atoms with Gasteiger partial charge in [0.05, 0.1) is 25.2 Å². The largest absolute Gasteiger partial charge is 0.360 e. The topological polar surface area (TPSA) is 176 Å². The summed E-state index contributed by atoms with van der Waals surface area (Å²) in [5, 5.41) is 10.6. The third-order valence-corrected chi connectivity index (χ3v) is 8.86. The molecule has 2 fully saturated rings. The Balaban J connectivity index is 1.64. The Morgan fingerprint density at radius 3 is 2.44 bits per heavy atom. The van der Waals surface area contributed by atoms with Gasteiger partial charge in [-0.1, -0.05) is 58.0 Å². The highest BCUT2D eigenvalue weighted by molar-refractivity contribution is 7.09. The Hall–Kier alpha value is -3.88. The number of nitrogens with two attached hydrogens (primary N) is 1. The van der Waals surface area contributed by atoms with Crippen LogP contribution >= 0.6 is 11.3 Å². The summed E-state index contributed by atoms with van der Waals surface area (Å²) < 4.78 is 6.12. The van der Waals surface area contributed by atoms with Crippen molar-refractivity contribution in [2.24, 2.45) is 17.6 Å². The minimum atomic E-state index is -1.14. The number of hydrogen-bond donors (Lipinski definition) is 4. The Morgan fingerprint density at radius 1 is 1.07 bits per heavy atom. The third kappa shape index (κ3) is 8.65. The van der Waals surface area contributed by atoms with E-state index in [2.05, 4.69) is 20.9 Å². The van der Waals surface area contributed by atoms with Gasteiger partial charge in [-0.15, -0.1) is 11.3 Å². The quantitative estimate of drug-likeness (QED) is 0.352. The third-order valence-electron chi connectivity index (χ3n) is 7.91. The van der Waals surface area contributed by atoms with Crippen LogP contribution in [0, 0.1) is 11.8 Å². The molecule has 1 aromatic carbocycles. The number of hydrogen-bond acceptors (Lipinski definition) is 9. The summed E-state index contributed by atoms with van der Waals surface area (Å²) in [5.41, 5.74) is 7.27. The molecule has 0 radical (unpaired) electrons. The molecular weight excluding hydrogens is 598 g/mol. The second-order valence-electron chi connectivity index (χ2n) is 12.3. The van der Waals surface area contributed by atoms with Crippen molar-refractivity contribution in [3.63, 3.8) is 0 Å². The summed E-state index contributed by atoms with van der Waals surface area (Å²) in [7, 11) is 1.47. The molecule has 0 saturated carbocycles. The first-order chi connectivity index (χ1) is 21.3. The normalized spacial score (nSPS) is 24.4. The van der Waals surface area contributed by atoms with E-state index < -0.39 is 53.8 Å². The summed E-state index contributed by atoms with van der Waals surface area (Å²) in [4.78, 5) is 74.3. The number of nitrogens with zero attached hydrogens (tertiary/aromatic N) is 3. The van der Waals surface area contributed by atoms with Crippen LogP contribution in [0.1, 0.15) is 54.8 Å². The van der Waals surface area contributed by atoms with Crippen molar-refractivity contribution >= 4 is 40.9 Å². The van der Waals surface area contributed by atoms with Gasteiger partial charge in [0.15, 0.2) is 6.10 Å². The van der Waals surface area contributed by atoms with Crippen LogP contribution < -0.4 is 21.7 Å². The van der Waals surface area contributed by atoms with Gasteiger partial charge in [-0.05, 0) is 17.4 Å². The number of aromatic nitrogens is 1. The summed E-state index contributed by atoms with van der Waals surface area (Å²) in [6.45, 7) is 7.22. The summed E-state index contributed by atoms with van der Waals surface area (Å²) >= 11 is 1.30. The van der Waals surface area contributed by atoms with Crippen molar-refractivity contribution < 1.29 is 28.7 Å². The highest BCUT2D eigenvalue weighted by Gasteiger charge is 2.38. The SMILES string of the molecule is CC(C)[C@@H]1NC(=O)CN(C)C(=O)[C@@H](Cc2ccccc2)NC(=O)[C@H]2CN(C(=O)c3csc([C@@H](N)C(C)C)n3)C[C@H](CNC1=O)O2. The molecule has 13 nitrogen and oxygen atoms in total. The number of fused-ring (bicyclic) bond motifs is 2. The van der Waals surface area contributed by atoms with Crippen LogP contribution in [0.2, 0.25) is 0 Å². The maximum atomic E-state index is 13.7. The number of ether oxygens (including phenoxy) is 1. The molecule has 2 aliphatic rings. The predicted molar refractivity (Wildman–Crippen MR) is 168 cm³/mol. The maximum Gasteiger partial charge on any atom is 0.273 e. The van der Waals surface area contributed by atoms with E-state index in [0.717, 1.165) is 5.56 Å². The lowest BCUT2D eigenvalue weighted by molar-refractivity contribution is -0.148. The molecule has 45 heavy (non-hydrogen) atoms. The fourth-order valence-corrected chi connectivity index (χ4v) is 6.17. The van der Waals surface area contributed by atoms with E-state index in [1.165, 1.54) is 28.2 Å². The number of thiazole rings is 1. The van der Waals surface area contributed by atoms with Gasteiger partial charge in [-0.2, -0.15) is 0 Å². The number of carbonyl (C=O) groups is 5. The molecule has 0 aliphatic carbocycles. The van der Waals surface area contributed by atoms with Crippen molar-refractivity contribution in [2.45, 2.75) is 64.4 Å². The molecule has 14 heteroatoms. The highest BCUT2D eigenvalue weighted by Crippen LogP contribution is 2.24. The molecule has 5 N–H and O–H groups in total. The predicted octanol–water partition coefficient (Wildman–Crippen LogP) is 0.465. The minimum Gasteiger partial charge on any atom is -0.360 e. The van der Waals surface area contributed by atoms with Crippen LogP contribution in [-0.2, 0) is 30.3 Å². The zero-order chi connectivity index (χ0) is 32.8. The number of benzene rings is 1. The van der Waals surface area contributed by atoms with E-state index in [1.54, 1.807) is 19.2 Å². The van der Waals surface area contributed by atoms with Crippen LogP contribution in [0.25, 0.3) is 0 Å². The van der Waals surface area contributed by atoms with Crippen molar-refractivity contribution in [2.75, 3.05) is 33.2 Å². The van der Waals surface area contributed by atoms with Crippen molar-refractivity contribution in [3.05, 3.63) is 52.0 Å². The van der Waals surface area contributed by atoms with Crippen LogP contribution in [0.4, 0.5) is 0 Å². The molecule has 0 unspecified atom stereocenters. The first kappa shape index (κ1) is 34.0. The second kappa shape index (κ2) is 14.9. The molecule has 5 atom stereocenters. The zero-order valence-corrected chi connectivity index (χ0v) is 27.1. The van der Waals surface area contributed by atoms with Gasteiger partial charge >= 0.3 is 0 Å². The van der Waals surface area contributed by atoms with Crippen LogP contribution in [-0.4, -0.2) is 102 Å². The Kier molecular flexibility index (Phi) is 11.3. The average molecular weight is 642 g/mol. The molecule has 2 bridgehead atoms. The van der Waals surface area contributed by atoms with Crippen LogP contribution in [0.15, 0.2) is 35.7 Å². The fraction of sp³-hybridized carbons (Fsp3) is 0.548. The van der Waals surface area contributed by atoms with Crippen LogP contribution in [0.5, 0.6) is 0 Å². The van der Waals surface area contributed by atoms with E-state index in [0.29, 0.717) is 5.01 Å². The number of carbonyl (C=O) groups excluding carboxylic acids is 5. The Labute approximate surface area is 267 Å². The lowest BCUT2D eigenvalue weighted by Gasteiger charge is -2.38. The van der Waals surface area contributed by atoms with Gasteiger partial charge in [0, 0.05) is 31.9 Å². The number of likely N-dealkylation sites (N-methyl/N-ethyl adjacent to an activating group) is 1. The van der Waals surface area contributed by atoms with Gasteiger partial charge in [-0.3, -0.25) is 24.0 Å². The highest BCUT2D eigenvalue weighted by atomic mass is 32.1. The molecule has 2 aromatic rings. The summed E-state index contributed by atoms with van der Waals surface area (Å²) in [5.74, 6) is -2.55. The molecule has 2 saturated heterocycles. The average Bonchev–Trinajstić information content (AvgIpc) is 3.51. The molecule has 1 aromatic heterocycles. The molecule has 244 valence electrons. The Morgan fingerprint density at radius 2 is 1.78 bits per heavy atom. The molecule has 5 amide bonds. The first-order valence-corrected chi connectivity index (χ1v) is 16.0. The number of rotatable bonds is 6. The fourth-order valence-electron chi connectivity index (χ4n) is 5.20. The van der Waals surface area contributed by atoms with Crippen molar-refractivity contribution in [1.82, 2.24) is 30.7 Å². The lowest BCUT2D eigenvalue weighted by Crippen LogP contribution is -2.59. The lowest BCUT2D eigenvalue weighted by atomic mass is 10.0. The monoisotopic (exact) mass is 641 g/mol. The molecule has 3 heterocycles. The van der Waals surface area contributed by atoms with Gasteiger partial charge in [-0.25, -0.2) is 4.98 Å². The van der Waals surface area contributed by atoms with Gasteiger partial charge in [0.25, 0.3) is 11.8 Å². The Bertz CT molecular complexity index is 1380. The van der Waals surface area contributed by atoms with Crippen molar-refractivity contribution in [3.8, 4) is 0 Å². The maximum absolute atomic E-state index is 13.7. The zero-order valence-electron chi connectivity index (χ0n) is 26.3. The van der Waals surface area contributed by atoms with Crippen molar-refractivity contribution in [1.29, 1.82) is 0 Å². The molecule has 0 spiro atoms. The number of morpholine rings is 1. The van der Waals surface area contributed by atoms with E-state index in [4.69, 9.17) is 10.5 Å². The molecular formula is C31H43N7O6S. The number of amides is 5. The van der Waals surface area contributed by atoms with E-state index in [-0.39, 0.29) is 56.2 Å². The van der Waals surface area contributed by atoms with E-state index >= 15 is 0 Å². The molecule has 2 aliphatic heterocycles. The summed E-state index contributed by atoms with van der Waals surface area (Å²) in [6.07, 6.45) is -1.72. The number of nitrogens with one attached hydrogen (secondary N) is 3. The van der Waals surface area contributed by atoms with Gasteiger partial charge < -0.3 is 36.2 Å². The smallest absolute Gasteiger partial charge is 0.273 e. The van der Waals surface area contributed by atoms with Crippen LogP contribution in [0.3, 0.4) is 0 Å². The second-order valence-corrected chi connectivity index (χ2v) is 13.2. The minimum absolute atomic E-state index is 0.0156. The van der Waals surface area contributed by atoms with Gasteiger partial charge in [0.2, 0.25) is 17.7 Å². The van der Waals surface area contributed by atoms with Gasteiger partial charge in [0.1, 0.15) is 22.8 Å². The first-order valence-electron chi connectivity index (χ1n) is 15.2.